The minimum absolute atomic E-state index is 0.359. The lowest BCUT2D eigenvalue weighted by molar-refractivity contribution is 0.150. The molecular formula is C16H25ClN2. The third-order valence-electron chi connectivity index (χ3n) is 4.68. The standard InChI is InChI=1S/C16H25ClN2/c1-4-16(9-10-18-11-16)12-19(3)13(2)14-7-5-6-8-15(14)17/h5-8,13,18H,4,9-12H2,1-3H3. The number of hydrogen-bond donors (Lipinski definition) is 1. The van der Waals surface area contributed by atoms with Crippen LogP contribution in [-0.2, 0) is 0 Å². The van der Waals surface area contributed by atoms with Crippen LogP contribution in [0.25, 0.3) is 0 Å². The minimum Gasteiger partial charge on any atom is -0.316 e. The molecule has 2 nitrogen and oxygen atoms in total. The normalized spacial score (nSPS) is 24.9. The highest BCUT2D eigenvalue weighted by atomic mass is 35.5. The van der Waals surface area contributed by atoms with Crippen molar-refractivity contribution in [1.29, 1.82) is 0 Å². The highest BCUT2D eigenvalue weighted by Gasteiger charge is 2.34. The summed E-state index contributed by atoms with van der Waals surface area (Å²) in [4.78, 5) is 2.44. The van der Waals surface area contributed by atoms with E-state index in [0.717, 1.165) is 24.7 Å². The molecule has 1 saturated heterocycles. The second-order valence-corrected chi connectivity index (χ2v) is 6.30. The first-order valence-corrected chi connectivity index (χ1v) is 7.61. The van der Waals surface area contributed by atoms with Crippen LogP contribution in [0.1, 0.15) is 38.3 Å². The van der Waals surface area contributed by atoms with Gasteiger partial charge in [0.05, 0.1) is 0 Å². The molecule has 1 N–H and O–H groups in total. The second kappa shape index (κ2) is 6.25. The summed E-state index contributed by atoms with van der Waals surface area (Å²) in [6.07, 6.45) is 2.52. The van der Waals surface area contributed by atoms with Crippen LogP contribution in [-0.4, -0.2) is 31.6 Å². The van der Waals surface area contributed by atoms with Crippen LogP contribution in [0, 0.1) is 5.41 Å². The van der Waals surface area contributed by atoms with E-state index < -0.39 is 0 Å². The van der Waals surface area contributed by atoms with Crippen molar-refractivity contribution in [3.8, 4) is 0 Å². The van der Waals surface area contributed by atoms with Gasteiger partial charge in [-0.2, -0.15) is 0 Å². The maximum Gasteiger partial charge on any atom is 0.0453 e. The number of rotatable bonds is 5. The van der Waals surface area contributed by atoms with Crippen molar-refractivity contribution in [3.05, 3.63) is 34.9 Å². The van der Waals surface area contributed by atoms with Crippen LogP contribution < -0.4 is 5.32 Å². The van der Waals surface area contributed by atoms with Crippen LogP contribution in [0.2, 0.25) is 5.02 Å². The molecule has 1 aromatic carbocycles. The van der Waals surface area contributed by atoms with E-state index in [1.165, 1.54) is 18.4 Å². The molecule has 0 amide bonds. The van der Waals surface area contributed by atoms with Gasteiger partial charge in [-0.15, -0.1) is 0 Å². The SMILES string of the molecule is CCC1(CN(C)C(C)c2ccccc2Cl)CCNC1. The lowest BCUT2D eigenvalue weighted by Gasteiger charge is -2.35. The van der Waals surface area contributed by atoms with E-state index >= 15 is 0 Å². The molecule has 1 heterocycles. The average Bonchev–Trinajstić information content (AvgIpc) is 2.87. The van der Waals surface area contributed by atoms with Gasteiger partial charge in [0.1, 0.15) is 0 Å². The first-order valence-electron chi connectivity index (χ1n) is 7.23. The van der Waals surface area contributed by atoms with Crippen molar-refractivity contribution in [2.24, 2.45) is 5.41 Å². The molecule has 0 spiro atoms. The van der Waals surface area contributed by atoms with Gasteiger partial charge in [-0.05, 0) is 50.4 Å². The van der Waals surface area contributed by atoms with Crippen molar-refractivity contribution in [2.45, 2.75) is 32.7 Å². The summed E-state index contributed by atoms with van der Waals surface area (Å²) in [5, 5.41) is 4.38. The fourth-order valence-electron chi connectivity index (χ4n) is 3.06. The van der Waals surface area contributed by atoms with Crippen molar-refractivity contribution in [1.82, 2.24) is 10.2 Å². The van der Waals surface area contributed by atoms with Crippen LogP contribution in [0.5, 0.6) is 0 Å². The molecule has 3 heteroatoms. The van der Waals surface area contributed by atoms with Crippen LogP contribution in [0.3, 0.4) is 0 Å². The summed E-state index contributed by atoms with van der Waals surface area (Å²) in [5.74, 6) is 0. The molecule has 106 valence electrons. The van der Waals surface area contributed by atoms with Gasteiger partial charge in [0.25, 0.3) is 0 Å². The van der Waals surface area contributed by atoms with Gasteiger partial charge in [-0.3, -0.25) is 4.90 Å². The second-order valence-electron chi connectivity index (χ2n) is 5.89. The molecule has 0 aliphatic carbocycles. The van der Waals surface area contributed by atoms with Gasteiger partial charge in [0.15, 0.2) is 0 Å². The Kier molecular flexibility index (Phi) is 4.88. The molecule has 0 radical (unpaired) electrons. The van der Waals surface area contributed by atoms with E-state index in [4.69, 9.17) is 11.6 Å². The Labute approximate surface area is 122 Å². The zero-order chi connectivity index (χ0) is 13.9. The summed E-state index contributed by atoms with van der Waals surface area (Å²) in [6.45, 7) is 7.97. The summed E-state index contributed by atoms with van der Waals surface area (Å²) in [7, 11) is 2.21. The Hall–Kier alpha value is -0.570. The van der Waals surface area contributed by atoms with Gasteiger partial charge in [-0.1, -0.05) is 36.7 Å². The summed E-state index contributed by atoms with van der Waals surface area (Å²) < 4.78 is 0. The predicted molar refractivity (Wildman–Crippen MR) is 82.7 cm³/mol. The molecule has 0 saturated carbocycles. The maximum absolute atomic E-state index is 6.31. The Bertz CT molecular complexity index is 413. The maximum atomic E-state index is 6.31. The number of nitrogens with zero attached hydrogens (tertiary/aromatic N) is 1. The van der Waals surface area contributed by atoms with E-state index in [2.05, 4.69) is 43.2 Å². The molecule has 2 atom stereocenters. The number of halogens is 1. The molecule has 1 aliphatic heterocycles. The Morgan fingerprint density at radius 2 is 2.16 bits per heavy atom. The zero-order valence-electron chi connectivity index (χ0n) is 12.2. The monoisotopic (exact) mass is 280 g/mol. The van der Waals surface area contributed by atoms with Crippen molar-refractivity contribution in [3.63, 3.8) is 0 Å². The van der Waals surface area contributed by atoms with Crippen molar-refractivity contribution >= 4 is 11.6 Å². The number of benzene rings is 1. The Morgan fingerprint density at radius 3 is 2.74 bits per heavy atom. The number of nitrogens with one attached hydrogen (secondary N) is 1. The molecule has 2 rings (SSSR count). The molecule has 0 bridgehead atoms. The predicted octanol–water partition coefficient (Wildman–Crippen LogP) is 3.72. The molecule has 1 fully saturated rings. The smallest absolute Gasteiger partial charge is 0.0453 e. The third kappa shape index (κ3) is 3.31. The van der Waals surface area contributed by atoms with Crippen molar-refractivity contribution < 1.29 is 0 Å². The topological polar surface area (TPSA) is 15.3 Å². The van der Waals surface area contributed by atoms with E-state index in [1.807, 2.05) is 12.1 Å². The number of hydrogen-bond acceptors (Lipinski definition) is 2. The first-order chi connectivity index (χ1) is 9.08. The first kappa shape index (κ1) is 14.8. The molecular weight excluding hydrogens is 256 g/mol. The van der Waals surface area contributed by atoms with Gasteiger partial charge in [0.2, 0.25) is 0 Å². The lowest BCUT2D eigenvalue weighted by Crippen LogP contribution is -2.38. The van der Waals surface area contributed by atoms with Gasteiger partial charge >= 0.3 is 0 Å². The van der Waals surface area contributed by atoms with Crippen molar-refractivity contribution in [2.75, 3.05) is 26.7 Å². The van der Waals surface area contributed by atoms with E-state index in [0.29, 0.717) is 11.5 Å². The molecule has 0 aromatic heterocycles. The largest absolute Gasteiger partial charge is 0.316 e. The highest BCUT2D eigenvalue weighted by Crippen LogP contribution is 2.34. The van der Waals surface area contributed by atoms with E-state index in [-0.39, 0.29) is 0 Å². The van der Waals surface area contributed by atoms with E-state index in [9.17, 15) is 0 Å². The lowest BCUT2D eigenvalue weighted by atomic mass is 9.83. The molecule has 2 unspecified atom stereocenters. The zero-order valence-corrected chi connectivity index (χ0v) is 13.0. The summed E-state index contributed by atoms with van der Waals surface area (Å²) >= 11 is 6.31. The Balaban J connectivity index is 2.07. The van der Waals surface area contributed by atoms with Gasteiger partial charge in [0, 0.05) is 24.2 Å². The molecule has 1 aromatic rings. The third-order valence-corrected chi connectivity index (χ3v) is 5.03. The van der Waals surface area contributed by atoms with Gasteiger partial charge in [-0.25, -0.2) is 0 Å². The van der Waals surface area contributed by atoms with Gasteiger partial charge < -0.3 is 5.32 Å². The summed E-state index contributed by atoms with van der Waals surface area (Å²) in [6, 6.07) is 8.53. The quantitative estimate of drug-likeness (QED) is 0.884. The van der Waals surface area contributed by atoms with Crippen LogP contribution in [0.4, 0.5) is 0 Å². The van der Waals surface area contributed by atoms with Crippen LogP contribution >= 0.6 is 11.6 Å². The summed E-state index contributed by atoms with van der Waals surface area (Å²) in [5.41, 5.74) is 1.66. The van der Waals surface area contributed by atoms with Crippen LogP contribution in [0.15, 0.2) is 24.3 Å². The molecule has 1 aliphatic rings. The average molecular weight is 281 g/mol. The highest BCUT2D eigenvalue weighted by molar-refractivity contribution is 6.31. The fourth-order valence-corrected chi connectivity index (χ4v) is 3.36. The van der Waals surface area contributed by atoms with E-state index in [1.54, 1.807) is 0 Å². The minimum atomic E-state index is 0.359. The Morgan fingerprint density at radius 1 is 1.42 bits per heavy atom. The fraction of sp³-hybridized carbons (Fsp3) is 0.625. The molecule has 19 heavy (non-hydrogen) atoms.